The first-order chi connectivity index (χ1) is 11.1. The molecule has 7 heteroatoms. The zero-order valence-corrected chi connectivity index (χ0v) is 14.4. The number of ether oxygens (including phenoxy) is 1. The van der Waals surface area contributed by atoms with E-state index in [9.17, 15) is 4.79 Å². The monoisotopic (exact) mass is 366 g/mol. The molecule has 1 amide bonds. The summed E-state index contributed by atoms with van der Waals surface area (Å²) < 4.78 is 6.27. The second kappa shape index (κ2) is 6.74. The van der Waals surface area contributed by atoms with Crippen LogP contribution in [0.25, 0.3) is 10.2 Å². The lowest BCUT2D eigenvalue weighted by Crippen LogP contribution is -2.11. The van der Waals surface area contributed by atoms with Crippen LogP contribution in [0.2, 0.25) is 10.0 Å². The lowest BCUT2D eigenvalue weighted by Gasteiger charge is -2.07. The Bertz CT molecular complexity index is 880. The average Bonchev–Trinajstić information content (AvgIpc) is 2.93. The van der Waals surface area contributed by atoms with Gasteiger partial charge in [-0.3, -0.25) is 10.1 Å². The summed E-state index contributed by atoms with van der Waals surface area (Å²) in [5, 5.41) is 4.21. The number of fused-ring (bicyclic) bond motifs is 1. The molecule has 118 valence electrons. The Kier molecular flexibility index (Phi) is 4.71. The van der Waals surface area contributed by atoms with Gasteiger partial charge in [0.1, 0.15) is 11.3 Å². The van der Waals surface area contributed by atoms with Crippen LogP contribution in [0.15, 0.2) is 36.4 Å². The van der Waals surface area contributed by atoms with Crippen LogP contribution in [0.5, 0.6) is 5.75 Å². The molecule has 0 aliphatic carbocycles. The number of rotatable bonds is 4. The summed E-state index contributed by atoms with van der Waals surface area (Å²) in [4.78, 5) is 16.7. The number of hydrogen-bond acceptors (Lipinski definition) is 4. The largest absolute Gasteiger partial charge is 0.492 e. The third-order valence-electron chi connectivity index (χ3n) is 3.08. The highest BCUT2D eigenvalue weighted by atomic mass is 35.5. The fourth-order valence-electron chi connectivity index (χ4n) is 2.05. The quantitative estimate of drug-likeness (QED) is 0.685. The molecule has 0 aliphatic rings. The third-order valence-corrected chi connectivity index (χ3v) is 4.62. The predicted octanol–water partition coefficient (Wildman–Crippen LogP) is 5.25. The molecule has 0 atom stereocenters. The summed E-state index contributed by atoms with van der Waals surface area (Å²) in [7, 11) is 0. The molecule has 3 aromatic rings. The molecule has 4 nitrogen and oxygen atoms in total. The number of aromatic nitrogens is 1. The summed E-state index contributed by atoms with van der Waals surface area (Å²) in [5.41, 5.74) is 1.11. The number of halogens is 2. The predicted molar refractivity (Wildman–Crippen MR) is 95.2 cm³/mol. The molecule has 0 saturated carbocycles. The SMILES string of the molecule is CCOc1ccc(C(=O)Nc2nc3c(Cl)cccc3s2)cc1Cl. The van der Waals surface area contributed by atoms with E-state index in [-0.39, 0.29) is 5.91 Å². The summed E-state index contributed by atoms with van der Waals surface area (Å²) in [6.45, 7) is 2.38. The van der Waals surface area contributed by atoms with E-state index in [2.05, 4.69) is 10.3 Å². The Morgan fingerprint density at radius 2 is 2.09 bits per heavy atom. The van der Waals surface area contributed by atoms with Crippen molar-refractivity contribution < 1.29 is 9.53 Å². The topological polar surface area (TPSA) is 51.2 Å². The van der Waals surface area contributed by atoms with Gasteiger partial charge in [0.15, 0.2) is 5.13 Å². The van der Waals surface area contributed by atoms with E-state index >= 15 is 0 Å². The summed E-state index contributed by atoms with van der Waals surface area (Å²) >= 11 is 13.6. The maximum Gasteiger partial charge on any atom is 0.257 e. The first kappa shape index (κ1) is 16.1. The highest BCUT2D eigenvalue weighted by Gasteiger charge is 2.13. The number of carbonyl (C=O) groups is 1. The van der Waals surface area contributed by atoms with Gasteiger partial charge in [0.25, 0.3) is 5.91 Å². The van der Waals surface area contributed by atoms with E-state index in [1.165, 1.54) is 11.3 Å². The number of nitrogens with one attached hydrogen (secondary N) is 1. The van der Waals surface area contributed by atoms with E-state index < -0.39 is 0 Å². The summed E-state index contributed by atoms with van der Waals surface area (Å²) in [5.74, 6) is 0.266. The Labute approximate surface area is 147 Å². The van der Waals surface area contributed by atoms with Gasteiger partial charge in [0.05, 0.1) is 21.4 Å². The van der Waals surface area contributed by atoms with Crippen LogP contribution in [0.3, 0.4) is 0 Å². The molecule has 1 aromatic heterocycles. The molecular formula is C16H12Cl2N2O2S. The number of nitrogens with zero attached hydrogens (tertiary/aromatic N) is 1. The van der Waals surface area contributed by atoms with Crippen molar-refractivity contribution in [2.75, 3.05) is 11.9 Å². The first-order valence-corrected chi connectivity index (χ1v) is 8.44. The summed E-state index contributed by atoms with van der Waals surface area (Å²) in [6, 6.07) is 10.4. The van der Waals surface area contributed by atoms with Crippen LogP contribution >= 0.6 is 34.5 Å². The maximum absolute atomic E-state index is 12.3. The van der Waals surface area contributed by atoms with E-state index in [1.54, 1.807) is 24.3 Å². The van der Waals surface area contributed by atoms with Gasteiger partial charge in [0, 0.05) is 5.56 Å². The number of anilines is 1. The zero-order chi connectivity index (χ0) is 16.4. The van der Waals surface area contributed by atoms with Crippen LogP contribution < -0.4 is 10.1 Å². The van der Waals surface area contributed by atoms with Crippen molar-refractivity contribution >= 4 is 55.8 Å². The number of thiazole rings is 1. The Balaban J connectivity index is 1.83. The minimum atomic E-state index is -0.287. The van der Waals surface area contributed by atoms with Gasteiger partial charge in [0.2, 0.25) is 0 Å². The molecule has 3 rings (SSSR count). The van der Waals surface area contributed by atoms with Crippen LogP contribution in [0.1, 0.15) is 17.3 Å². The van der Waals surface area contributed by atoms with Gasteiger partial charge in [-0.2, -0.15) is 0 Å². The second-order valence-corrected chi connectivity index (χ2v) is 6.48. The second-order valence-electron chi connectivity index (χ2n) is 4.64. The maximum atomic E-state index is 12.3. The smallest absolute Gasteiger partial charge is 0.257 e. The lowest BCUT2D eigenvalue weighted by molar-refractivity contribution is 0.102. The molecule has 2 aromatic carbocycles. The number of benzene rings is 2. The number of hydrogen-bond donors (Lipinski definition) is 1. The third kappa shape index (κ3) is 3.42. The molecule has 0 unspecified atom stereocenters. The van der Waals surface area contributed by atoms with Crippen molar-refractivity contribution in [2.24, 2.45) is 0 Å². The van der Waals surface area contributed by atoms with Gasteiger partial charge >= 0.3 is 0 Å². The van der Waals surface area contributed by atoms with E-state index in [1.807, 2.05) is 19.1 Å². The molecule has 0 radical (unpaired) electrons. The first-order valence-electron chi connectivity index (χ1n) is 6.87. The Hall–Kier alpha value is -1.82. The van der Waals surface area contributed by atoms with Gasteiger partial charge < -0.3 is 4.74 Å². The van der Waals surface area contributed by atoms with Crippen molar-refractivity contribution in [3.63, 3.8) is 0 Å². The van der Waals surface area contributed by atoms with Crippen molar-refractivity contribution in [2.45, 2.75) is 6.92 Å². The molecule has 0 fully saturated rings. The molecular weight excluding hydrogens is 355 g/mol. The molecule has 23 heavy (non-hydrogen) atoms. The summed E-state index contributed by atoms with van der Waals surface area (Å²) in [6.07, 6.45) is 0. The highest BCUT2D eigenvalue weighted by Crippen LogP contribution is 2.31. The van der Waals surface area contributed by atoms with E-state index in [0.717, 1.165) is 4.70 Å². The molecule has 1 heterocycles. The minimum Gasteiger partial charge on any atom is -0.492 e. The highest BCUT2D eigenvalue weighted by molar-refractivity contribution is 7.22. The Morgan fingerprint density at radius 3 is 2.78 bits per heavy atom. The molecule has 0 saturated heterocycles. The van der Waals surface area contributed by atoms with Gasteiger partial charge in [-0.1, -0.05) is 40.6 Å². The van der Waals surface area contributed by atoms with Gasteiger partial charge in [-0.15, -0.1) is 0 Å². The van der Waals surface area contributed by atoms with Gasteiger partial charge in [-0.25, -0.2) is 4.98 Å². The van der Waals surface area contributed by atoms with Gasteiger partial charge in [-0.05, 0) is 37.3 Å². The van der Waals surface area contributed by atoms with Crippen LogP contribution in [0, 0.1) is 0 Å². The molecule has 0 bridgehead atoms. The van der Waals surface area contributed by atoms with E-state index in [0.29, 0.717) is 38.6 Å². The fourth-order valence-corrected chi connectivity index (χ4v) is 3.45. The van der Waals surface area contributed by atoms with Crippen molar-refractivity contribution in [3.8, 4) is 5.75 Å². The van der Waals surface area contributed by atoms with Crippen molar-refractivity contribution in [1.29, 1.82) is 0 Å². The van der Waals surface area contributed by atoms with Crippen molar-refractivity contribution in [1.82, 2.24) is 4.98 Å². The number of amides is 1. The van der Waals surface area contributed by atoms with Crippen LogP contribution in [0.4, 0.5) is 5.13 Å². The zero-order valence-electron chi connectivity index (χ0n) is 12.1. The normalized spacial score (nSPS) is 10.7. The minimum absolute atomic E-state index is 0.287. The molecule has 0 spiro atoms. The van der Waals surface area contributed by atoms with Crippen LogP contribution in [-0.2, 0) is 0 Å². The number of para-hydroxylation sites is 1. The Morgan fingerprint density at radius 1 is 1.26 bits per heavy atom. The molecule has 1 N–H and O–H groups in total. The van der Waals surface area contributed by atoms with E-state index in [4.69, 9.17) is 27.9 Å². The van der Waals surface area contributed by atoms with Crippen molar-refractivity contribution in [3.05, 3.63) is 52.0 Å². The standard InChI is InChI=1S/C16H12Cl2N2O2S/c1-2-22-12-7-6-9(8-11(12)18)15(21)20-16-19-14-10(17)4-3-5-13(14)23-16/h3-8H,2H2,1H3,(H,19,20,21). The lowest BCUT2D eigenvalue weighted by atomic mass is 10.2. The van der Waals surface area contributed by atoms with Crippen LogP contribution in [-0.4, -0.2) is 17.5 Å². The molecule has 0 aliphatic heterocycles. The fraction of sp³-hybridized carbons (Fsp3) is 0.125. The number of carbonyl (C=O) groups excluding carboxylic acids is 1. The average molecular weight is 367 g/mol.